The van der Waals surface area contributed by atoms with Crippen LogP contribution >= 0.6 is 0 Å². The quantitative estimate of drug-likeness (QED) is 0.168. The highest BCUT2D eigenvalue weighted by Crippen LogP contribution is 2.38. The van der Waals surface area contributed by atoms with Crippen LogP contribution in [0.25, 0.3) is 39.5 Å². The van der Waals surface area contributed by atoms with E-state index in [-0.39, 0.29) is 0 Å². The zero-order chi connectivity index (χ0) is 29.8. The Morgan fingerprint density at radius 2 is 1.33 bits per heavy atom. The zero-order valence-electron chi connectivity index (χ0n) is 24.5. The first-order chi connectivity index (χ1) is 21.0. The van der Waals surface area contributed by atoms with Gasteiger partial charge in [0, 0.05) is 19.7 Å². The molecule has 5 aromatic rings. The van der Waals surface area contributed by atoms with E-state index in [0.29, 0.717) is 5.56 Å². The normalized spacial score (nSPS) is 13.2. The lowest BCUT2D eigenvalue weighted by Crippen LogP contribution is -2.25. The second-order valence-corrected chi connectivity index (χ2v) is 11.0. The van der Waals surface area contributed by atoms with E-state index in [2.05, 4.69) is 78.9 Å². The second-order valence-electron chi connectivity index (χ2n) is 11.0. The average molecular weight is 559 g/mol. The minimum absolute atomic E-state index is 0.429. The van der Waals surface area contributed by atoms with Crippen molar-refractivity contribution < 1.29 is 0 Å². The third kappa shape index (κ3) is 5.90. The summed E-state index contributed by atoms with van der Waals surface area (Å²) in [6.45, 7) is 0. The largest absolute Gasteiger partial charge is 0.362 e. The van der Waals surface area contributed by atoms with Crippen LogP contribution in [0.1, 0.15) is 40.4 Å². The molecule has 0 spiro atoms. The molecule has 4 heteroatoms. The van der Waals surface area contributed by atoms with Gasteiger partial charge in [-0.05, 0) is 75.0 Å². The van der Waals surface area contributed by atoms with Gasteiger partial charge in [0.2, 0.25) is 0 Å². The summed E-state index contributed by atoms with van der Waals surface area (Å²) in [5.74, 6) is 0.852. The molecular weight excluding hydrogens is 524 g/mol. The summed E-state index contributed by atoms with van der Waals surface area (Å²) < 4.78 is 0. The average Bonchev–Trinajstić information content (AvgIpc) is 3.07. The number of rotatable bonds is 6. The first-order valence-electron chi connectivity index (χ1n) is 14.6. The summed E-state index contributed by atoms with van der Waals surface area (Å²) in [6.07, 6.45) is 6.18. The molecule has 4 nitrogen and oxygen atoms in total. The second kappa shape index (κ2) is 12.3. The molecule has 1 aliphatic carbocycles. The van der Waals surface area contributed by atoms with Crippen LogP contribution in [0.5, 0.6) is 0 Å². The summed E-state index contributed by atoms with van der Waals surface area (Å²) in [6, 6.07) is 41.8. The number of nitrogens with two attached hydrogens (primary N) is 1. The number of aliphatic imine (C=N–C) groups is 1. The van der Waals surface area contributed by atoms with Crippen LogP contribution in [0.4, 0.5) is 0 Å². The predicted octanol–water partition coefficient (Wildman–Crippen LogP) is 8.48. The first-order valence-corrected chi connectivity index (χ1v) is 14.6. The molecule has 0 heterocycles. The highest BCUT2D eigenvalue weighted by Gasteiger charge is 2.17. The van der Waals surface area contributed by atoms with Crippen molar-refractivity contribution in [3.8, 4) is 39.4 Å². The van der Waals surface area contributed by atoms with Crippen molar-refractivity contribution in [3.63, 3.8) is 0 Å². The van der Waals surface area contributed by atoms with Gasteiger partial charge in [0.05, 0.1) is 11.6 Å². The van der Waals surface area contributed by atoms with Crippen LogP contribution in [0.3, 0.4) is 0 Å². The standard InChI is InChI=1S/C39H34N4/c1-43(2)39(42-38(41)32-8-4-3-5-9-32)33-22-20-31(21-23-33)35-25-24-34(36-10-6-7-11-37(35)36)30-18-16-29(17-19-30)28-14-12-27(26-40)13-15-28/h3-5,7-9,11-25,38H,6,10,41H2,1-2H3/b42-39-. The molecule has 1 aliphatic rings. The van der Waals surface area contributed by atoms with Gasteiger partial charge in [-0.25, -0.2) is 4.99 Å². The number of hydrogen-bond acceptors (Lipinski definition) is 3. The van der Waals surface area contributed by atoms with Crippen molar-refractivity contribution in [3.05, 3.63) is 149 Å². The molecule has 43 heavy (non-hydrogen) atoms. The molecule has 0 aromatic heterocycles. The van der Waals surface area contributed by atoms with Crippen molar-refractivity contribution in [2.24, 2.45) is 10.7 Å². The van der Waals surface area contributed by atoms with Crippen LogP contribution in [-0.2, 0) is 6.42 Å². The van der Waals surface area contributed by atoms with Crippen molar-refractivity contribution in [1.82, 2.24) is 4.90 Å². The van der Waals surface area contributed by atoms with Gasteiger partial charge in [-0.3, -0.25) is 0 Å². The molecule has 0 radical (unpaired) electrons. The minimum Gasteiger partial charge on any atom is -0.362 e. The van der Waals surface area contributed by atoms with Gasteiger partial charge in [-0.15, -0.1) is 0 Å². The van der Waals surface area contributed by atoms with Crippen LogP contribution in [-0.4, -0.2) is 24.8 Å². The lowest BCUT2D eigenvalue weighted by Gasteiger charge is -2.21. The Morgan fingerprint density at radius 3 is 1.98 bits per heavy atom. The summed E-state index contributed by atoms with van der Waals surface area (Å²) >= 11 is 0. The summed E-state index contributed by atoms with van der Waals surface area (Å²) in [7, 11) is 4.00. The monoisotopic (exact) mass is 558 g/mol. The molecule has 0 fully saturated rings. The molecule has 1 unspecified atom stereocenters. The van der Waals surface area contributed by atoms with Crippen molar-refractivity contribution in [2.45, 2.75) is 19.0 Å². The fraction of sp³-hybridized carbons (Fsp3) is 0.128. The zero-order valence-corrected chi connectivity index (χ0v) is 24.5. The van der Waals surface area contributed by atoms with Gasteiger partial charge in [-0.2, -0.15) is 5.26 Å². The summed E-state index contributed by atoms with van der Waals surface area (Å²) in [5, 5.41) is 9.10. The van der Waals surface area contributed by atoms with E-state index < -0.39 is 6.17 Å². The number of benzene rings is 5. The molecule has 0 aliphatic heterocycles. The lowest BCUT2D eigenvalue weighted by atomic mass is 9.84. The molecule has 0 saturated heterocycles. The van der Waals surface area contributed by atoms with E-state index in [1.165, 1.54) is 33.4 Å². The topological polar surface area (TPSA) is 65.4 Å². The van der Waals surface area contributed by atoms with Crippen LogP contribution < -0.4 is 5.73 Å². The third-order valence-corrected chi connectivity index (χ3v) is 8.03. The van der Waals surface area contributed by atoms with Crippen LogP contribution in [0, 0.1) is 11.3 Å². The maximum absolute atomic E-state index is 9.10. The number of allylic oxidation sites excluding steroid dienone is 1. The highest BCUT2D eigenvalue weighted by atomic mass is 15.2. The van der Waals surface area contributed by atoms with E-state index in [9.17, 15) is 0 Å². The predicted molar refractivity (Wildman–Crippen MR) is 178 cm³/mol. The number of amidine groups is 1. The van der Waals surface area contributed by atoms with Crippen molar-refractivity contribution in [2.75, 3.05) is 14.1 Å². The van der Waals surface area contributed by atoms with Gasteiger partial charge < -0.3 is 10.6 Å². The molecule has 1 atom stereocenters. The van der Waals surface area contributed by atoms with Gasteiger partial charge in [0.25, 0.3) is 0 Å². The van der Waals surface area contributed by atoms with Gasteiger partial charge in [-0.1, -0.05) is 115 Å². The van der Waals surface area contributed by atoms with E-state index in [0.717, 1.165) is 40.9 Å². The highest BCUT2D eigenvalue weighted by molar-refractivity contribution is 5.99. The smallest absolute Gasteiger partial charge is 0.132 e. The molecule has 0 amide bonds. The third-order valence-electron chi connectivity index (χ3n) is 8.03. The molecular formula is C39H34N4. The molecule has 5 aromatic carbocycles. The van der Waals surface area contributed by atoms with E-state index in [4.69, 9.17) is 16.0 Å². The molecule has 0 saturated carbocycles. The Morgan fingerprint density at radius 1 is 0.744 bits per heavy atom. The SMILES string of the molecule is CN(C)/C(=N\C(N)c1ccccc1)c1ccc(-c2ccc(-c3ccc(-c4ccc(C#N)cc4)cc3)c3c2C=CCC3)cc1. The van der Waals surface area contributed by atoms with Crippen molar-refractivity contribution in [1.29, 1.82) is 5.26 Å². The fourth-order valence-corrected chi connectivity index (χ4v) is 5.76. The van der Waals surface area contributed by atoms with E-state index >= 15 is 0 Å². The fourth-order valence-electron chi connectivity index (χ4n) is 5.76. The van der Waals surface area contributed by atoms with E-state index in [1.807, 2.05) is 73.6 Å². The first kappa shape index (κ1) is 27.9. The maximum Gasteiger partial charge on any atom is 0.132 e. The number of nitrogens with zero attached hydrogens (tertiary/aromatic N) is 3. The Labute approximate surface area is 254 Å². The number of hydrogen-bond donors (Lipinski definition) is 1. The Kier molecular flexibility index (Phi) is 8.00. The van der Waals surface area contributed by atoms with Gasteiger partial charge >= 0.3 is 0 Å². The molecule has 6 rings (SSSR count). The van der Waals surface area contributed by atoms with Gasteiger partial charge in [0.15, 0.2) is 0 Å². The number of fused-ring (bicyclic) bond motifs is 1. The Hall–Kier alpha value is -5.24. The van der Waals surface area contributed by atoms with Crippen LogP contribution in [0.15, 0.2) is 126 Å². The molecule has 2 N–H and O–H groups in total. The Bertz CT molecular complexity index is 1820. The van der Waals surface area contributed by atoms with E-state index in [1.54, 1.807) is 0 Å². The number of nitriles is 1. The lowest BCUT2D eigenvalue weighted by molar-refractivity contribution is 0.607. The summed E-state index contributed by atoms with van der Waals surface area (Å²) in [5.41, 5.74) is 19.0. The molecule has 0 bridgehead atoms. The Balaban J connectivity index is 1.30. The maximum atomic E-state index is 9.10. The van der Waals surface area contributed by atoms with Crippen LogP contribution in [0.2, 0.25) is 0 Å². The minimum atomic E-state index is -0.429. The summed E-state index contributed by atoms with van der Waals surface area (Å²) in [4.78, 5) is 6.88. The molecule has 210 valence electrons. The van der Waals surface area contributed by atoms with Gasteiger partial charge in [0.1, 0.15) is 12.0 Å². The van der Waals surface area contributed by atoms with Crippen molar-refractivity contribution >= 4 is 11.9 Å².